The van der Waals surface area contributed by atoms with Gasteiger partial charge in [0.15, 0.2) is 0 Å². The summed E-state index contributed by atoms with van der Waals surface area (Å²) in [7, 11) is 0. The van der Waals surface area contributed by atoms with Gasteiger partial charge in [0.05, 0.1) is 22.1 Å². The van der Waals surface area contributed by atoms with Crippen LogP contribution in [-0.2, 0) is 12.0 Å². The molecule has 0 aliphatic rings. The van der Waals surface area contributed by atoms with Gasteiger partial charge >= 0.3 is 0 Å². The van der Waals surface area contributed by atoms with Gasteiger partial charge in [-0.3, -0.25) is 14.3 Å². The number of hydrogen-bond donors (Lipinski definition) is 0. The summed E-state index contributed by atoms with van der Waals surface area (Å²) in [6.45, 7) is 10.0. The fourth-order valence-electron chi connectivity index (χ4n) is 3.51. The maximum absolute atomic E-state index is 13.4. The molecule has 0 spiro atoms. The molecule has 9 heteroatoms. The highest BCUT2D eigenvalue weighted by Gasteiger charge is 2.20. The smallest absolute Gasteiger partial charge is 0.276 e. The van der Waals surface area contributed by atoms with Gasteiger partial charge in [0.25, 0.3) is 5.56 Å². The molecule has 1 aromatic carbocycles. The molecule has 0 aliphatic carbocycles. The molecular formula is C26H25BrClN5O2. The normalized spacial score (nSPS) is 11.5. The number of aromatic nitrogens is 5. The summed E-state index contributed by atoms with van der Waals surface area (Å²) in [5.41, 5.74) is 3.16. The van der Waals surface area contributed by atoms with Crippen molar-refractivity contribution in [3.05, 3.63) is 91.5 Å². The second-order valence-corrected chi connectivity index (χ2v) is 10.4. The number of pyridine rings is 1. The van der Waals surface area contributed by atoms with E-state index in [0.717, 1.165) is 28.5 Å². The molecule has 3 heterocycles. The standard InChI is InChI=1S/C26H25BrClN5O2/c1-15-7-6-8-18(30-15)14-35-23-22(27)24(34)33(16(2)31-23)21-13-17(9-10-19(21)28)20-11-12-29-25(32-20)26(3,4)5/h6-13H,14H2,1-5H3. The lowest BCUT2D eigenvalue weighted by Crippen LogP contribution is -2.24. The second-order valence-electron chi connectivity index (χ2n) is 9.16. The first-order valence-corrected chi connectivity index (χ1v) is 12.2. The third kappa shape index (κ3) is 5.44. The van der Waals surface area contributed by atoms with Crippen LogP contribution in [0.4, 0.5) is 0 Å². The summed E-state index contributed by atoms with van der Waals surface area (Å²) in [6.07, 6.45) is 1.74. The molecule has 0 bridgehead atoms. The Balaban J connectivity index is 1.72. The van der Waals surface area contributed by atoms with E-state index in [-0.39, 0.29) is 27.9 Å². The van der Waals surface area contributed by atoms with Crippen LogP contribution in [0.1, 0.15) is 43.8 Å². The van der Waals surface area contributed by atoms with E-state index in [0.29, 0.717) is 16.5 Å². The third-order valence-electron chi connectivity index (χ3n) is 5.28. The van der Waals surface area contributed by atoms with Crippen molar-refractivity contribution in [3.63, 3.8) is 0 Å². The minimum Gasteiger partial charge on any atom is -0.470 e. The molecule has 0 unspecified atom stereocenters. The van der Waals surface area contributed by atoms with Crippen LogP contribution in [0.25, 0.3) is 16.9 Å². The lowest BCUT2D eigenvalue weighted by Gasteiger charge is -2.18. The molecule has 0 aliphatic heterocycles. The molecule has 35 heavy (non-hydrogen) atoms. The number of benzene rings is 1. The maximum atomic E-state index is 13.4. The summed E-state index contributed by atoms with van der Waals surface area (Å²) in [6, 6.07) is 13.0. The van der Waals surface area contributed by atoms with E-state index in [1.54, 1.807) is 19.2 Å². The third-order valence-corrected chi connectivity index (χ3v) is 6.28. The molecule has 0 radical (unpaired) electrons. The highest BCUT2D eigenvalue weighted by atomic mass is 79.9. The fourth-order valence-corrected chi connectivity index (χ4v) is 4.09. The summed E-state index contributed by atoms with van der Waals surface area (Å²) in [5, 5.41) is 0.412. The van der Waals surface area contributed by atoms with E-state index >= 15 is 0 Å². The second kappa shape index (κ2) is 9.87. The van der Waals surface area contributed by atoms with Gasteiger partial charge in [0.2, 0.25) is 5.88 Å². The number of hydrogen-bond acceptors (Lipinski definition) is 6. The van der Waals surface area contributed by atoms with Crippen LogP contribution in [0.5, 0.6) is 5.88 Å². The number of aryl methyl sites for hydroxylation is 2. The molecule has 0 fully saturated rings. The number of ether oxygens (including phenoxy) is 1. The van der Waals surface area contributed by atoms with Crippen molar-refractivity contribution in [1.29, 1.82) is 0 Å². The van der Waals surface area contributed by atoms with Gasteiger partial charge in [0, 0.05) is 22.9 Å². The van der Waals surface area contributed by atoms with E-state index in [4.69, 9.17) is 21.3 Å². The van der Waals surface area contributed by atoms with E-state index in [1.165, 1.54) is 4.57 Å². The lowest BCUT2D eigenvalue weighted by molar-refractivity contribution is 0.284. The topological polar surface area (TPSA) is 82.8 Å². The fraction of sp³-hybridized carbons (Fsp3) is 0.269. The van der Waals surface area contributed by atoms with Gasteiger partial charge < -0.3 is 4.74 Å². The monoisotopic (exact) mass is 553 g/mol. The van der Waals surface area contributed by atoms with Crippen LogP contribution >= 0.6 is 27.5 Å². The Morgan fingerprint density at radius 3 is 2.54 bits per heavy atom. The first-order chi connectivity index (χ1) is 16.5. The molecule has 7 nitrogen and oxygen atoms in total. The predicted molar refractivity (Wildman–Crippen MR) is 140 cm³/mol. The maximum Gasteiger partial charge on any atom is 0.276 e. The largest absolute Gasteiger partial charge is 0.470 e. The predicted octanol–water partition coefficient (Wildman–Crippen LogP) is 5.99. The lowest BCUT2D eigenvalue weighted by atomic mass is 9.95. The zero-order valence-corrected chi connectivity index (χ0v) is 22.5. The van der Waals surface area contributed by atoms with Gasteiger partial charge in [-0.15, -0.1) is 0 Å². The van der Waals surface area contributed by atoms with Crippen molar-refractivity contribution < 1.29 is 4.74 Å². The minimum atomic E-state index is -0.332. The summed E-state index contributed by atoms with van der Waals surface area (Å²) >= 11 is 9.90. The van der Waals surface area contributed by atoms with E-state index in [2.05, 4.69) is 51.7 Å². The van der Waals surface area contributed by atoms with Crippen LogP contribution in [0.2, 0.25) is 5.02 Å². The van der Waals surface area contributed by atoms with E-state index in [1.807, 2.05) is 43.3 Å². The molecule has 4 rings (SSSR count). The van der Waals surface area contributed by atoms with Gasteiger partial charge in [-0.25, -0.2) is 9.97 Å². The SMILES string of the molecule is Cc1cccc(COc2nc(C)n(-c3cc(-c4ccnc(C(C)(C)C)n4)ccc3Cl)c(=O)c2Br)n1. The Morgan fingerprint density at radius 2 is 1.83 bits per heavy atom. The van der Waals surface area contributed by atoms with Crippen LogP contribution in [-0.4, -0.2) is 24.5 Å². The molecule has 180 valence electrons. The average molecular weight is 555 g/mol. The van der Waals surface area contributed by atoms with Gasteiger partial charge in [-0.05, 0) is 60.1 Å². The van der Waals surface area contributed by atoms with E-state index < -0.39 is 0 Å². The Bertz CT molecular complexity index is 1460. The zero-order valence-electron chi connectivity index (χ0n) is 20.1. The Hall–Kier alpha value is -3.10. The van der Waals surface area contributed by atoms with Crippen LogP contribution in [0, 0.1) is 13.8 Å². The molecular weight excluding hydrogens is 530 g/mol. The summed E-state index contributed by atoms with van der Waals surface area (Å²) < 4.78 is 7.48. The molecule has 0 amide bonds. The quantitative estimate of drug-likeness (QED) is 0.301. The van der Waals surface area contributed by atoms with Gasteiger partial charge in [0.1, 0.15) is 22.7 Å². The highest BCUT2D eigenvalue weighted by Crippen LogP contribution is 2.29. The molecule has 4 aromatic rings. The zero-order chi connectivity index (χ0) is 25.3. The van der Waals surface area contributed by atoms with Crippen molar-refractivity contribution in [2.24, 2.45) is 0 Å². The van der Waals surface area contributed by atoms with Crippen molar-refractivity contribution in [2.45, 2.75) is 46.6 Å². The number of halogens is 2. The van der Waals surface area contributed by atoms with Crippen LogP contribution in [0.3, 0.4) is 0 Å². The minimum absolute atomic E-state index is 0.191. The summed E-state index contributed by atoms with van der Waals surface area (Å²) in [4.78, 5) is 31.4. The van der Waals surface area contributed by atoms with E-state index in [9.17, 15) is 4.79 Å². The van der Waals surface area contributed by atoms with Crippen LogP contribution < -0.4 is 10.3 Å². The number of nitrogens with zero attached hydrogens (tertiary/aromatic N) is 5. The first kappa shape index (κ1) is 25.0. The van der Waals surface area contributed by atoms with Crippen LogP contribution in [0.15, 0.2) is 57.9 Å². The Kier molecular flexibility index (Phi) is 7.05. The van der Waals surface area contributed by atoms with Gasteiger partial charge in [-0.1, -0.05) is 44.5 Å². The van der Waals surface area contributed by atoms with Crippen molar-refractivity contribution >= 4 is 27.5 Å². The molecule has 3 aromatic heterocycles. The summed E-state index contributed by atoms with van der Waals surface area (Å²) in [5.74, 6) is 1.36. The Labute approximate surface area is 217 Å². The first-order valence-electron chi connectivity index (χ1n) is 11.0. The Morgan fingerprint density at radius 1 is 1.06 bits per heavy atom. The van der Waals surface area contributed by atoms with Crippen molar-refractivity contribution in [1.82, 2.24) is 24.5 Å². The number of rotatable bonds is 5. The van der Waals surface area contributed by atoms with Crippen molar-refractivity contribution in [3.8, 4) is 22.8 Å². The molecule has 0 atom stereocenters. The molecule has 0 saturated carbocycles. The average Bonchev–Trinajstić information content (AvgIpc) is 2.81. The van der Waals surface area contributed by atoms with Gasteiger partial charge in [-0.2, -0.15) is 4.98 Å². The highest BCUT2D eigenvalue weighted by molar-refractivity contribution is 9.10. The molecule has 0 saturated heterocycles. The molecule has 0 N–H and O–H groups in total. The van der Waals surface area contributed by atoms with Crippen molar-refractivity contribution in [2.75, 3.05) is 0 Å².